The summed E-state index contributed by atoms with van der Waals surface area (Å²) < 4.78 is 2.13. The number of aryl methyl sites for hydroxylation is 1. The normalized spacial score (nSPS) is 12.2. The molecule has 2 heterocycles. The smallest absolute Gasteiger partial charge is 0.202 e. The van der Waals surface area contributed by atoms with Gasteiger partial charge in [0.1, 0.15) is 5.52 Å². The monoisotopic (exact) mass is 246 g/mol. The molecule has 0 aliphatic heterocycles. The van der Waals surface area contributed by atoms with E-state index in [-0.39, 0.29) is 5.54 Å². The predicted molar refractivity (Wildman–Crippen MR) is 75.5 cm³/mol. The molecule has 0 atom stereocenters. The number of hydrogen-bond donors (Lipinski definition) is 1. The van der Waals surface area contributed by atoms with E-state index in [1.807, 2.05) is 19.1 Å². The van der Waals surface area contributed by atoms with Gasteiger partial charge in [-0.1, -0.05) is 20.8 Å². The standard InChI is InChI=1S/C14H22N4/c1-5-14(6-2,7-3)18-12-11(17-13(18)15)9-8-10(4)16-12/h8-9H,5-7H2,1-4H3,(H2,15,17). The first-order valence-electron chi connectivity index (χ1n) is 6.70. The van der Waals surface area contributed by atoms with Gasteiger partial charge in [0.2, 0.25) is 5.95 Å². The molecule has 0 amide bonds. The molecule has 0 aromatic carbocycles. The van der Waals surface area contributed by atoms with Gasteiger partial charge in [-0.2, -0.15) is 0 Å². The summed E-state index contributed by atoms with van der Waals surface area (Å²) in [6, 6.07) is 3.97. The third kappa shape index (κ3) is 1.76. The minimum atomic E-state index is 0.0274. The third-order valence-corrected chi connectivity index (χ3v) is 4.12. The summed E-state index contributed by atoms with van der Waals surface area (Å²) in [7, 11) is 0. The number of hydrogen-bond acceptors (Lipinski definition) is 3. The van der Waals surface area contributed by atoms with Gasteiger partial charge in [0.25, 0.3) is 0 Å². The van der Waals surface area contributed by atoms with Crippen LogP contribution in [0, 0.1) is 6.92 Å². The van der Waals surface area contributed by atoms with Crippen LogP contribution >= 0.6 is 0 Å². The van der Waals surface area contributed by atoms with Crippen molar-refractivity contribution in [1.82, 2.24) is 14.5 Å². The summed E-state index contributed by atoms with van der Waals surface area (Å²) in [5, 5.41) is 0. The first-order chi connectivity index (χ1) is 8.57. The average molecular weight is 246 g/mol. The maximum Gasteiger partial charge on any atom is 0.202 e. The average Bonchev–Trinajstić information content (AvgIpc) is 2.69. The lowest BCUT2D eigenvalue weighted by molar-refractivity contribution is 0.261. The topological polar surface area (TPSA) is 56.7 Å². The molecule has 0 spiro atoms. The van der Waals surface area contributed by atoms with Gasteiger partial charge in [-0.15, -0.1) is 0 Å². The number of pyridine rings is 1. The van der Waals surface area contributed by atoms with Crippen LogP contribution in [-0.2, 0) is 5.54 Å². The summed E-state index contributed by atoms with van der Waals surface area (Å²) in [5.74, 6) is 0.577. The molecule has 2 rings (SSSR count). The van der Waals surface area contributed by atoms with Gasteiger partial charge in [-0.05, 0) is 38.3 Å². The van der Waals surface area contributed by atoms with Crippen LogP contribution in [0.15, 0.2) is 12.1 Å². The molecule has 4 nitrogen and oxygen atoms in total. The van der Waals surface area contributed by atoms with E-state index in [1.165, 1.54) is 0 Å². The molecule has 2 N–H and O–H groups in total. The molecule has 0 aliphatic carbocycles. The van der Waals surface area contributed by atoms with Crippen LogP contribution in [0.4, 0.5) is 5.95 Å². The number of rotatable bonds is 4. The summed E-state index contributed by atoms with van der Waals surface area (Å²) in [4.78, 5) is 9.07. The van der Waals surface area contributed by atoms with Gasteiger partial charge in [0, 0.05) is 11.2 Å². The van der Waals surface area contributed by atoms with E-state index in [2.05, 4.69) is 35.3 Å². The molecule has 0 bridgehead atoms. The molecule has 2 aromatic heterocycles. The van der Waals surface area contributed by atoms with Gasteiger partial charge >= 0.3 is 0 Å². The van der Waals surface area contributed by atoms with Crippen LogP contribution in [0.5, 0.6) is 0 Å². The molecule has 0 radical (unpaired) electrons. The van der Waals surface area contributed by atoms with Gasteiger partial charge < -0.3 is 5.73 Å². The number of nitrogens with zero attached hydrogens (tertiary/aromatic N) is 3. The van der Waals surface area contributed by atoms with Crippen LogP contribution in [0.3, 0.4) is 0 Å². The summed E-state index contributed by atoms with van der Waals surface area (Å²) >= 11 is 0. The van der Waals surface area contributed by atoms with Gasteiger partial charge in [-0.3, -0.25) is 4.57 Å². The van der Waals surface area contributed by atoms with Crippen molar-refractivity contribution in [3.05, 3.63) is 17.8 Å². The number of aromatic nitrogens is 3. The molecule has 0 saturated heterocycles. The molecule has 18 heavy (non-hydrogen) atoms. The second-order valence-electron chi connectivity index (χ2n) is 4.89. The Morgan fingerprint density at radius 3 is 2.28 bits per heavy atom. The Labute approximate surface area is 108 Å². The van der Waals surface area contributed by atoms with E-state index in [1.54, 1.807) is 0 Å². The second kappa shape index (κ2) is 4.59. The van der Waals surface area contributed by atoms with Crippen molar-refractivity contribution < 1.29 is 0 Å². The van der Waals surface area contributed by atoms with Crippen molar-refractivity contribution in [2.45, 2.75) is 52.5 Å². The Balaban J connectivity index is 2.76. The third-order valence-electron chi connectivity index (χ3n) is 4.12. The number of nitrogen functional groups attached to an aromatic ring is 1. The van der Waals surface area contributed by atoms with Gasteiger partial charge in [-0.25, -0.2) is 9.97 Å². The van der Waals surface area contributed by atoms with E-state index < -0.39 is 0 Å². The highest BCUT2D eigenvalue weighted by Crippen LogP contribution is 2.34. The van der Waals surface area contributed by atoms with E-state index in [0.717, 1.165) is 36.1 Å². The molecule has 98 valence electrons. The van der Waals surface area contributed by atoms with Crippen LogP contribution in [0.1, 0.15) is 45.7 Å². The molecule has 2 aromatic rings. The Kier molecular flexibility index (Phi) is 3.28. The minimum absolute atomic E-state index is 0.0274. The van der Waals surface area contributed by atoms with Crippen LogP contribution < -0.4 is 5.73 Å². The molecule has 4 heteroatoms. The number of imidazole rings is 1. The summed E-state index contributed by atoms with van der Waals surface area (Å²) in [6.45, 7) is 8.61. The largest absolute Gasteiger partial charge is 0.369 e. The van der Waals surface area contributed by atoms with Crippen molar-refractivity contribution in [2.24, 2.45) is 0 Å². The zero-order chi connectivity index (χ0) is 13.3. The van der Waals surface area contributed by atoms with E-state index >= 15 is 0 Å². The molecular formula is C14H22N4. The fourth-order valence-corrected chi connectivity index (χ4v) is 2.76. The molecule has 0 fully saturated rings. The zero-order valence-electron chi connectivity index (χ0n) is 11.7. The zero-order valence-corrected chi connectivity index (χ0v) is 11.7. The fraction of sp³-hybridized carbons (Fsp3) is 0.571. The number of anilines is 1. The first kappa shape index (κ1) is 12.9. The van der Waals surface area contributed by atoms with Crippen LogP contribution in [-0.4, -0.2) is 14.5 Å². The lowest BCUT2D eigenvalue weighted by Crippen LogP contribution is -2.32. The van der Waals surface area contributed by atoms with E-state index in [4.69, 9.17) is 5.73 Å². The lowest BCUT2D eigenvalue weighted by Gasteiger charge is -2.33. The van der Waals surface area contributed by atoms with Crippen LogP contribution in [0.2, 0.25) is 0 Å². The molecule has 0 unspecified atom stereocenters. The minimum Gasteiger partial charge on any atom is -0.369 e. The highest BCUT2D eigenvalue weighted by Gasteiger charge is 2.30. The Hall–Kier alpha value is -1.58. The Morgan fingerprint density at radius 1 is 1.11 bits per heavy atom. The highest BCUT2D eigenvalue weighted by atomic mass is 15.2. The van der Waals surface area contributed by atoms with Gasteiger partial charge in [0.05, 0.1) is 0 Å². The maximum atomic E-state index is 6.13. The Morgan fingerprint density at radius 2 is 1.72 bits per heavy atom. The van der Waals surface area contributed by atoms with E-state index in [0.29, 0.717) is 5.95 Å². The highest BCUT2D eigenvalue weighted by molar-refractivity contribution is 5.74. The van der Waals surface area contributed by atoms with Crippen molar-refractivity contribution in [3.8, 4) is 0 Å². The van der Waals surface area contributed by atoms with Crippen molar-refractivity contribution in [2.75, 3.05) is 5.73 Å². The molecule has 0 saturated carbocycles. The quantitative estimate of drug-likeness (QED) is 0.901. The SMILES string of the molecule is CCC(CC)(CC)n1c(N)nc2ccc(C)nc21. The predicted octanol–water partition coefficient (Wildman–Crippen LogP) is 3.25. The van der Waals surface area contributed by atoms with Crippen molar-refractivity contribution in [3.63, 3.8) is 0 Å². The lowest BCUT2D eigenvalue weighted by atomic mass is 9.89. The van der Waals surface area contributed by atoms with E-state index in [9.17, 15) is 0 Å². The molecule has 0 aliphatic rings. The number of fused-ring (bicyclic) bond motifs is 1. The van der Waals surface area contributed by atoms with Crippen molar-refractivity contribution in [1.29, 1.82) is 0 Å². The maximum absolute atomic E-state index is 6.13. The summed E-state index contributed by atoms with van der Waals surface area (Å²) in [6.07, 6.45) is 3.10. The van der Waals surface area contributed by atoms with Crippen LogP contribution in [0.25, 0.3) is 11.2 Å². The second-order valence-corrected chi connectivity index (χ2v) is 4.89. The van der Waals surface area contributed by atoms with Crippen molar-refractivity contribution >= 4 is 17.1 Å². The van der Waals surface area contributed by atoms with Gasteiger partial charge in [0.15, 0.2) is 5.65 Å². The summed E-state index contributed by atoms with van der Waals surface area (Å²) in [5.41, 5.74) is 8.96. The first-order valence-corrected chi connectivity index (χ1v) is 6.70. The molecular weight excluding hydrogens is 224 g/mol. The Bertz CT molecular complexity index is 544. The number of nitrogens with two attached hydrogens (primary N) is 1. The fourth-order valence-electron chi connectivity index (χ4n) is 2.76.